The van der Waals surface area contributed by atoms with Crippen LogP contribution < -0.4 is 10.4 Å². The highest BCUT2D eigenvalue weighted by Crippen LogP contribution is 2.29. The second-order valence-corrected chi connectivity index (χ2v) is 8.09. The van der Waals surface area contributed by atoms with Gasteiger partial charge < -0.3 is 4.74 Å². The van der Waals surface area contributed by atoms with Crippen molar-refractivity contribution in [3.05, 3.63) is 69.5 Å². The van der Waals surface area contributed by atoms with Crippen molar-refractivity contribution >= 4 is 23.1 Å². The molecule has 2 heterocycles. The number of aromatic nitrogens is 5. The van der Waals surface area contributed by atoms with Crippen LogP contribution in [0.25, 0.3) is 16.9 Å². The summed E-state index contributed by atoms with van der Waals surface area (Å²) in [5.74, 6) is 0. The van der Waals surface area contributed by atoms with E-state index < -0.39 is 0 Å². The monoisotopic (exact) mass is 425 g/mol. The summed E-state index contributed by atoms with van der Waals surface area (Å²) in [6, 6.07) is 14.0. The third-order valence-corrected chi connectivity index (χ3v) is 6.00. The predicted molar refractivity (Wildman–Crippen MR) is 115 cm³/mol. The SMILES string of the molecule is CSc1cccc(-c2csc(OCc3c(C)cccc3-n3nnn(C)c3=O)n2)c1. The Bertz CT molecular complexity index is 1210. The number of benzene rings is 2. The molecule has 0 unspecified atom stereocenters. The Morgan fingerprint density at radius 3 is 2.76 bits per heavy atom. The lowest BCUT2D eigenvalue weighted by Gasteiger charge is -2.11. The van der Waals surface area contributed by atoms with Crippen LogP contribution in [0.15, 0.2) is 57.5 Å². The van der Waals surface area contributed by atoms with E-state index in [0.717, 1.165) is 22.4 Å². The lowest BCUT2D eigenvalue weighted by Crippen LogP contribution is -2.23. The third-order valence-electron chi connectivity index (χ3n) is 4.52. The highest BCUT2D eigenvalue weighted by Gasteiger charge is 2.14. The molecule has 9 heteroatoms. The normalized spacial score (nSPS) is 11.0. The van der Waals surface area contributed by atoms with Crippen LogP contribution in [0.2, 0.25) is 0 Å². The minimum Gasteiger partial charge on any atom is -0.465 e. The van der Waals surface area contributed by atoms with Gasteiger partial charge in [-0.15, -0.1) is 11.8 Å². The number of hydrogen-bond acceptors (Lipinski definition) is 7. The highest BCUT2D eigenvalue weighted by molar-refractivity contribution is 7.98. The van der Waals surface area contributed by atoms with Crippen LogP contribution in [0.4, 0.5) is 0 Å². The molecule has 0 aliphatic heterocycles. The number of thiazole rings is 1. The molecule has 0 atom stereocenters. The molecule has 4 rings (SSSR count). The van der Waals surface area contributed by atoms with E-state index in [4.69, 9.17) is 4.74 Å². The van der Waals surface area contributed by atoms with E-state index in [-0.39, 0.29) is 12.3 Å². The first-order valence-electron chi connectivity index (χ1n) is 8.87. The molecule has 0 radical (unpaired) electrons. The zero-order valence-corrected chi connectivity index (χ0v) is 17.8. The van der Waals surface area contributed by atoms with Gasteiger partial charge in [0.1, 0.15) is 6.61 Å². The maximum absolute atomic E-state index is 12.3. The number of aryl methyl sites for hydroxylation is 2. The fraction of sp³-hybridized carbons (Fsp3) is 0.200. The van der Waals surface area contributed by atoms with Gasteiger partial charge in [0.25, 0.3) is 5.19 Å². The Morgan fingerprint density at radius 2 is 2.00 bits per heavy atom. The first kappa shape index (κ1) is 19.4. The second-order valence-electron chi connectivity index (χ2n) is 6.39. The summed E-state index contributed by atoms with van der Waals surface area (Å²) in [7, 11) is 1.57. The molecule has 0 aliphatic carbocycles. The average Bonchev–Trinajstić information content (AvgIpc) is 3.34. The number of tetrazole rings is 1. The van der Waals surface area contributed by atoms with E-state index in [1.54, 1.807) is 18.8 Å². The Labute approximate surface area is 176 Å². The highest BCUT2D eigenvalue weighted by atomic mass is 32.2. The molecule has 2 aromatic carbocycles. The fourth-order valence-corrected chi connectivity index (χ4v) is 4.05. The van der Waals surface area contributed by atoms with E-state index in [1.165, 1.54) is 25.6 Å². The first-order chi connectivity index (χ1) is 14.1. The smallest absolute Gasteiger partial charge is 0.368 e. The summed E-state index contributed by atoms with van der Waals surface area (Å²) in [5, 5.41) is 10.3. The number of nitrogens with zero attached hydrogens (tertiary/aromatic N) is 5. The molecule has 0 aliphatic rings. The van der Waals surface area contributed by atoms with Gasteiger partial charge in [-0.3, -0.25) is 0 Å². The molecule has 29 heavy (non-hydrogen) atoms. The van der Waals surface area contributed by atoms with Crippen LogP contribution in [0, 0.1) is 6.92 Å². The molecular weight excluding hydrogens is 406 g/mol. The Hall–Kier alpha value is -2.91. The zero-order chi connectivity index (χ0) is 20.4. The van der Waals surface area contributed by atoms with E-state index in [1.807, 2.05) is 42.6 Å². The Balaban J connectivity index is 1.58. The number of thioether (sulfide) groups is 1. The first-order valence-corrected chi connectivity index (χ1v) is 11.0. The van der Waals surface area contributed by atoms with Crippen molar-refractivity contribution in [3.8, 4) is 22.1 Å². The van der Waals surface area contributed by atoms with Crippen molar-refractivity contribution in [2.75, 3.05) is 6.26 Å². The van der Waals surface area contributed by atoms with Crippen LogP contribution in [-0.2, 0) is 13.7 Å². The van der Waals surface area contributed by atoms with Crippen LogP contribution in [-0.4, -0.2) is 31.0 Å². The van der Waals surface area contributed by atoms with Gasteiger partial charge >= 0.3 is 5.69 Å². The molecule has 0 amide bonds. The van der Waals surface area contributed by atoms with Gasteiger partial charge in [-0.05, 0) is 47.4 Å². The molecular formula is C20H19N5O2S2. The summed E-state index contributed by atoms with van der Waals surface area (Å²) in [6.07, 6.45) is 2.05. The Morgan fingerprint density at radius 1 is 1.17 bits per heavy atom. The minimum absolute atomic E-state index is 0.281. The van der Waals surface area contributed by atoms with Crippen molar-refractivity contribution in [1.29, 1.82) is 0 Å². The molecule has 0 spiro atoms. The van der Waals surface area contributed by atoms with E-state index in [9.17, 15) is 4.79 Å². The molecule has 0 saturated heterocycles. The molecule has 7 nitrogen and oxygen atoms in total. The summed E-state index contributed by atoms with van der Waals surface area (Å²) in [4.78, 5) is 18.1. The summed E-state index contributed by atoms with van der Waals surface area (Å²) in [5.41, 5.74) is 4.18. The maximum Gasteiger partial charge on any atom is 0.368 e. The molecule has 4 aromatic rings. The van der Waals surface area contributed by atoms with Crippen LogP contribution in [0.1, 0.15) is 11.1 Å². The molecule has 0 saturated carbocycles. The van der Waals surface area contributed by atoms with E-state index >= 15 is 0 Å². The number of rotatable bonds is 6. The third kappa shape index (κ3) is 3.96. The molecule has 148 valence electrons. The van der Waals surface area contributed by atoms with Crippen molar-refractivity contribution in [3.63, 3.8) is 0 Å². The van der Waals surface area contributed by atoms with Gasteiger partial charge in [0, 0.05) is 28.5 Å². The summed E-state index contributed by atoms with van der Waals surface area (Å²) < 4.78 is 8.45. The van der Waals surface area contributed by atoms with Crippen molar-refractivity contribution in [2.45, 2.75) is 18.4 Å². The molecule has 0 fully saturated rings. The number of hydrogen-bond donors (Lipinski definition) is 0. The lowest BCUT2D eigenvalue weighted by atomic mass is 10.1. The van der Waals surface area contributed by atoms with Gasteiger partial charge in [-0.2, -0.15) is 9.36 Å². The van der Waals surface area contributed by atoms with Gasteiger partial charge in [-0.1, -0.05) is 35.6 Å². The largest absolute Gasteiger partial charge is 0.465 e. The minimum atomic E-state index is -0.304. The summed E-state index contributed by atoms with van der Waals surface area (Å²) in [6.45, 7) is 2.26. The van der Waals surface area contributed by atoms with Gasteiger partial charge in [0.2, 0.25) is 0 Å². The molecule has 2 aromatic heterocycles. The van der Waals surface area contributed by atoms with Crippen LogP contribution in [0.5, 0.6) is 5.19 Å². The quantitative estimate of drug-likeness (QED) is 0.439. The van der Waals surface area contributed by atoms with E-state index in [2.05, 4.69) is 33.8 Å². The van der Waals surface area contributed by atoms with Crippen molar-refractivity contribution in [1.82, 2.24) is 24.8 Å². The Kier molecular flexibility index (Phi) is 5.50. The van der Waals surface area contributed by atoms with Crippen LogP contribution in [0.3, 0.4) is 0 Å². The van der Waals surface area contributed by atoms with Crippen LogP contribution >= 0.6 is 23.1 Å². The summed E-state index contributed by atoms with van der Waals surface area (Å²) >= 11 is 3.15. The van der Waals surface area contributed by atoms with Crippen molar-refractivity contribution in [2.24, 2.45) is 7.05 Å². The van der Waals surface area contributed by atoms with Gasteiger partial charge in [-0.25, -0.2) is 9.78 Å². The van der Waals surface area contributed by atoms with Crippen molar-refractivity contribution < 1.29 is 4.74 Å². The maximum atomic E-state index is 12.3. The fourth-order valence-electron chi connectivity index (χ4n) is 2.91. The van der Waals surface area contributed by atoms with E-state index in [0.29, 0.717) is 10.9 Å². The lowest BCUT2D eigenvalue weighted by molar-refractivity contribution is 0.303. The predicted octanol–water partition coefficient (Wildman–Crippen LogP) is 3.70. The standard InChI is InChI=1S/C20H19N5O2S2/c1-13-6-4-9-18(25-20(26)24(2)22-23-25)16(13)11-27-19-21-17(12-29-19)14-7-5-8-15(10-14)28-3/h4-10,12H,11H2,1-3H3. The molecule has 0 N–H and O–H groups in total. The topological polar surface area (TPSA) is 74.8 Å². The number of ether oxygens (including phenoxy) is 1. The molecule has 0 bridgehead atoms. The van der Waals surface area contributed by atoms with Gasteiger partial charge in [0.05, 0.1) is 11.4 Å². The second kappa shape index (κ2) is 8.22. The average molecular weight is 426 g/mol. The zero-order valence-electron chi connectivity index (χ0n) is 16.2. The van der Waals surface area contributed by atoms with Gasteiger partial charge in [0.15, 0.2) is 0 Å².